The van der Waals surface area contributed by atoms with Crippen molar-refractivity contribution in [1.29, 1.82) is 0 Å². The first-order valence-electron chi connectivity index (χ1n) is 5.40. The summed E-state index contributed by atoms with van der Waals surface area (Å²) in [5.74, 6) is 0. The molecule has 1 saturated carbocycles. The van der Waals surface area contributed by atoms with Crippen molar-refractivity contribution in [2.75, 3.05) is 33.0 Å². The first kappa shape index (κ1) is 11.9. The van der Waals surface area contributed by atoms with Crippen molar-refractivity contribution in [3.63, 3.8) is 0 Å². The van der Waals surface area contributed by atoms with Crippen LogP contribution in [0.1, 0.15) is 19.8 Å². The molecule has 1 aliphatic rings. The summed E-state index contributed by atoms with van der Waals surface area (Å²) in [6.45, 7) is 4.93. The molecule has 84 valence electrons. The lowest BCUT2D eigenvalue weighted by Crippen LogP contribution is -2.46. The molecule has 0 bridgehead atoms. The zero-order valence-electron chi connectivity index (χ0n) is 8.87. The summed E-state index contributed by atoms with van der Waals surface area (Å²) in [5, 5.41) is 11.8. The molecule has 0 aromatic carbocycles. The van der Waals surface area contributed by atoms with Crippen LogP contribution in [0.2, 0.25) is 0 Å². The third-order valence-electron chi connectivity index (χ3n) is 2.41. The van der Waals surface area contributed by atoms with Gasteiger partial charge in [-0.3, -0.25) is 0 Å². The van der Waals surface area contributed by atoms with Gasteiger partial charge in [0, 0.05) is 19.2 Å². The fraction of sp³-hybridized carbons (Fsp3) is 1.00. The maximum Gasteiger partial charge on any atom is 0.0698 e. The van der Waals surface area contributed by atoms with E-state index in [9.17, 15) is 0 Å². The number of aliphatic hydroxyl groups is 1. The molecular weight excluding hydrogens is 182 g/mol. The van der Waals surface area contributed by atoms with Crippen LogP contribution in [0.15, 0.2) is 0 Å². The minimum absolute atomic E-state index is 0.107. The zero-order valence-corrected chi connectivity index (χ0v) is 8.87. The Kier molecular flexibility index (Phi) is 6.10. The van der Waals surface area contributed by atoms with Crippen molar-refractivity contribution < 1.29 is 14.6 Å². The van der Waals surface area contributed by atoms with Crippen LogP contribution in [0.5, 0.6) is 0 Å². The van der Waals surface area contributed by atoms with Crippen molar-refractivity contribution in [3.8, 4) is 0 Å². The number of nitrogens with one attached hydrogen (secondary N) is 1. The fourth-order valence-electron chi connectivity index (χ4n) is 1.61. The number of aliphatic hydroxyl groups excluding tert-OH is 1. The van der Waals surface area contributed by atoms with Gasteiger partial charge in [0.1, 0.15) is 0 Å². The van der Waals surface area contributed by atoms with Crippen LogP contribution in [0.25, 0.3) is 0 Å². The molecule has 4 nitrogen and oxygen atoms in total. The number of hydrogen-bond donors (Lipinski definition) is 2. The smallest absolute Gasteiger partial charge is 0.0698 e. The van der Waals surface area contributed by atoms with E-state index in [0.29, 0.717) is 25.4 Å². The molecular formula is C10H21NO3. The van der Waals surface area contributed by atoms with Gasteiger partial charge in [-0.25, -0.2) is 0 Å². The lowest BCUT2D eigenvalue weighted by atomic mass is 9.89. The lowest BCUT2D eigenvalue weighted by Gasteiger charge is -2.35. The van der Waals surface area contributed by atoms with Crippen molar-refractivity contribution in [1.82, 2.24) is 5.32 Å². The summed E-state index contributed by atoms with van der Waals surface area (Å²) in [6, 6.07) is 0.601. The maximum atomic E-state index is 8.46. The number of ether oxygens (including phenoxy) is 2. The molecule has 2 N–H and O–H groups in total. The van der Waals surface area contributed by atoms with Crippen molar-refractivity contribution in [3.05, 3.63) is 0 Å². The highest BCUT2D eigenvalue weighted by Crippen LogP contribution is 2.22. The van der Waals surface area contributed by atoms with E-state index >= 15 is 0 Å². The third-order valence-corrected chi connectivity index (χ3v) is 2.41. The second-order valence-corrected chi connectivity index (χ2v) is 3.54. The Hall–Kier alpha value is -0.160. The van der Waals surface area contributed by atoms with Gasteiger partial charge in [0.05, 0.1) is 25.9 Å². The van der Waals surface area contributed by atoms with Gasteiger partial charge in [-0.15, -0.1) is 0 Å². The monoisotopic (exact) mass is 203 g/mol. The Morgan fingerprint density at radius 2 is 2.14 bits per heavy atom. The maximum absolute atomic E-state index is 8.46. The standard InChI is InChI=1S/C10H21NO3/c1-2-14-10-7-9(8-10)11-3-5-13-6-4-12/h9-12H,2-8H2,1H3. The van der Waals surface area contributed by atoms with Crippen molar-refractivity contribution in [2.45, 2.75) is 31.9 Å². The average Bonchev–Trinajstić information content (AvgIpc) is 2.13. The Labute approximate surface area is 85.6 Å². The topological polar surface area (TPSA) is 50.7 Å². The van der Waals surface area contributed by atoms with Gasteiger partial charge >= 0.3 is 0 Å². The van der Waals surface area contributed by atoms with E-state index in [1.807, 2.05) is 6.92 Å². The molecule has 1 rings (SSSR count). The van der Waals surface area contributed by atoms with Gasteiger partial charge in [-0.2, -0.15) is 0 Å². The first-order chi connectivity index (χ1) is 6.86. The summed E-state index contributed by atoms with van der Waals surface area (Å²) < 4.78 is 10.6. The predicted octanol–water partition coefficient (Wildman–Crippen LogP) is 0.152. The van der Waals surface area contributed by atoms with E-state index < -0.39 is 0 Å². The molecule has 4 heteroatoms. The van der Waals surface area contributed by atoms with Gasteiger partial charge in [-0.1, -0.05) is 0 Å². The van der Waals surface area contributed by atoms with Crippen LogP contribution < -0.4 is 5.32 Å². The Balaban J connectivity index is 1.81. The lowest BCUT2D eigenvalue weighted by molar-refractivity contribution is -0.0117. The quantitative estimate of drug-likeness (QED) is 0.551. The zero-order chi connectivity index (χ0) is 10.2. The van der Waals surface area contributed by atoms with Crippen LogP contribution in [0.4, 0.5) is 0 Å². The Morgan fingerprint density at radius 3 is 2.79 bits per heavy atom. The van der Waals surface area contributed by atoms with Gasteiger partial charge in [0.2, 0.25) is 0 Å². The summed E-state index contributed by atoms with van der Waals surface area (Å²) in [5.41, 5.74) is 0. The average molecular weight is 203 g/mol. The van der Waals surface area contributed by atoms with E-state index in [1.165, 1.54) is 0 Å². The molecule has 0 saturated heterocycles. The van der Waals surface area contributed by atoms with Crippen molar-refractivity contribution >= 4 is 0 Å². The fourth-order valence-corrected chi connectivity index (χ4v) is 1.61. The molecule has 0 atom stereocenters. The largest absolute Gasteiger partial charge is 0.394 e. The van der Waals surface area contributed by atoms with Gasteiger partial charge in [0.25, 0.3) is 0 Å². The molecule has 14 heavy (non-hydrogen) atoms. The van der Waals surface area contributed by atoms with Crippen molar-refractivity contribution in [2.24, 2.45) is 0 Å². The highest BCUT2D eigenvalue weighted by atomic mass is 16.5. The minimum Gasteiger partial charge on any atom is -0.394 e. The summed E-state index contributed by atoms with van der Waals surface area (Å²) in [6.07, 6.45) is 2.71. The van der Waals surface area contributed by atoms with Crippen LogP contribution in [0.3, 0.4) is 0 Å². The molecule has 0 amide bonds. The summed E-state index contributed by atoms with van der Waals surface area (Å²) in [7, 11) is 0. The Morgan fingerprint density at radius 1 is 1.36 bits per heavy atom. The molecule has 1 fully saturated rings. The van der Waals surface area contributed by atoms with Gasteiger partial charge < -0.3 is 19.9 Å². The second kappa shape index (κ2) is 7.17. The summed E-state index contributed by atoms with van der Waals surface area (Å²) >= 11 is 0. The highest BCUT2D eigenvalue weighted by molar-refractivity contribution is 4.85. The molecule has 0 spiro atoms. The van der Waals surface area contributed by atoms with Gasteiger partial charge in [-0.05, 0) is 19.8 Å². The molecule has 0 unspecified atom stereocenters. The molecule has 1 aliphatic carbocycles. The molecule has 0 aliphatic heterocycles. The SMILES string of the molecule is CCOC1CC(NCCOCCO)C1. The van der Waals surface area contributed by atoms with Crippen LogP contribution in [-0.4, -0.2) is 50.2 Å². The van der Waals surface area contributed by atoms with E-state index in [2.05, 4.69) is 5.32 Å². The second-order valence-electron chi connectivity index (χ2n) is 3.54. The van der Waals surface area contributed by atoms with Crippen LogP contribution in [-0.2, 0) is 9.47 Å². The number of rotatable bonds is 8. The van der Waals surface area contributed by atoms with E-state index in [-0.39, 0.29) is 6.61 Å². The predicted molar refractivity (Wildman–Crippen MR) is 54.3 cm³/mol. The van der Waals surface area contributed by atoms with Gasteiger partial charge in [0.15, 0.2) is 0 Å². The van der Waals surface area contributed by atoms with Crippen LogP contribution in [0, 0.1) is 0 Å². The molecule has 0 aromatic rings. The van der Waals surface area contributed by atoms with E-state index in [0.717, 1.165) is 26.0 Å². The molecule has 0 heterocycles. The minimum atomic E-state index is 0.107. The number of hydrogen-bond acceptors (Lipinski definition) is 4. The van der Waals surface area contributed by atoms with E-state index in [1.54, 1.807) is 0 Å². The van der Waals surface area contributed by atoms with Crippen LogP contribution >= 0.6 is 0 Å². The molecule has 0 aromatic heterocycles. The Bertz CT molecular complexity index is 137. The normalized spacial score (nSPS) is 26.1. The third kappa shape index (κ3) is 4.37. The summed E-state index contributed by atoms with van der Waals surface area (Å²) in [4.78, 5) is 0. The molecule has 0 radical (unpaired) electrons. The first-order valence-corrected chi connectivity index (χ1v) is 5.40. The highest BCUT2D eigenvalue weighted by Gasteiger charge is 2.28. The van der Waals surface area contributed by atoms with E-state index in [4.69, 9.17) is 14.6 Å².